The molecule has 2 aromatic rings. The van der Waals surface area contributed by atoms with Gasteiger partial charge in [0.1, 0.15) is 5.69 Å². The first-order chi connectivity index (χ1) is 13.1. The molecule has 3 rings (SSSR count). The number of hydrogen-bond donors (Lipinski definition) is 2. The van der Waals surface area contributed by atoms with Crippen molar-refractivity contribution in [1.82, 2.24) is 9.97 Å². The molecule has 7 heteroatoms. The first-order valence-electron chi connectivity index (χ1n) is 9.53. The number of anilines is 4. The van der Waals surface area contributed by atoms with Crippen LogP contribution in [0.15, 0.2) is 30.5 Å². The molecule has 0 radical (unpaired) electrons. The third kappa shape index (κ3) is 4.67. The van der Waals surface area contributed by atoms with E-state index in [2.05, 4.69) is 32.4 Å². The Morgan fingerprint density at radius 1 is 1.11 bits per heavy atom. The van der Waals surface area contributed by atoms with Crippen LogP contribution in [-0.4, -0.2) is 43.2 Å². The van der Waals surface area contributed by atoms with Crippen molar-refractivity contribution in [2.75, 3.05) is 47.6 Å². The summed E-state index contributed by atoms with van der Waals surface area (Å²) < 4.78 is 0. The molecule has 1 aromatic heterocycles. The molecule has 0 bridgehead atoms. The highest BCUT2D eigenvalue weighted by atomic mass is 16.2. The van der Waals surface area contributed by atoms with Crippen LogP contribution in [-0.2, 0) is 6.42 Å². The van der Waals surface area contributed by atoms with E-state index in [4.69, 9.17) is 0 Å². The molecule has 0 aliphatic carbocycles. The highest BCUT2D eigenvalue weighted by Gasteiger charge is 2.18. The molecule has 2 heterocycles. The number of piperidine rings is 1. The van der Waals surface area contributed by atoms with E-state index in [-0.39, 0.29) is 6.03 Å². The van der Waals surface area contributed by atoms with Gasteiger partial charge in [-0.15, -0.1) is 0 Å². The number of nitrogens with one attached hydrogen (secondary N) is 2. The Morgan fingerprint density at radius 3 is 2.52 bits per heavy atom. The molecular weight excluding hydrogens is 340 g/mol. The molecule has 1 aromatic carbocycles. The average molecular weight is 368 g/mol. The minimum atomic E-state index is -0.298. The Labute approximate surface area is 160 Å². The quantitative estimate of drug-likeness (QED) is 0.841. The molecular formula is C20H28N6O. The zero-order valence-electron chi connectivity index (χ0n) is 16.3. The van der Waals surface area contributed by atoms with Gasteiger partial charge in [-0.1, -0.05) is 25.1 Å². The Hall–Kier alpha value is -2.83. The van der Waals surface area contributed by atoms with Crippen molar-refractivity contribution >= 4 is 29.2 Å². The maximum Gasteiger partial charge on any atom is 0.323 e. The molecule has 7 nitrogen and oxygen atoms in total. The van der Waals surface area contributed by atoms with Gasteiger partial charge >= 0.3 is 6.03 Å². The van der Waals surface area contributed by atoms with Crippen LogP contribution >= 0.6 is 0 Å². The SMILES string of the molecule is CCc1ccccc1NC(=O)Nc1cnc(N2CCCCC2)nc1N(C)C. The first kappa shape index (κ1) is 18.9. The normalized spacial score (nSPS) is 14.0. The highest BCUT2D eigenvalue weighted by molar-refractivity contribution is 6.01. The smallest absolute Gasteiger partial charge is 0.323 e. The molecule has 0 saturated carbocycles. The summed E-state index contributed by atoms with van der Waals surface area (Å²) in [4.78, 5) is 25.8. The molecule has 2 amide bonds. The number of para-hydroxylation sites is 1. The van der Waals surface area contributed by atoms with Crippen molar-refractivity contribution in [3.05, 3.63) is 36.0 Å². The van der Waals surface area contributed by atoms with Crippen LogP contribution in [0.5, 0.6) is 0 Å². The molecule has 0 unspecified atom stereocenters. The van der Waals surface area contributed by atoms with Crippen molar-refractivity contribution in [2.45, 2.75) is 32.6 Å². The fourth-order valence-electron chi connectivity index (χ4n) is 3.27. The summed E-state index contributed by atoms with van der Waals surface area (Å²) in [5, 5.41) is 5.81. The van der Waals surface area contributed by atoms with E-state index in [1.165, 1.54) is 19.3 Å². The first-order valence-corrected chi connectivity index (χ1v) is 9.53. The van der Waals surface area contributed by atoms with Crippen LogP contribution in [0, 0.1) is 0 Å². The lowest BCUT2D eigenvalue weighted by molar-refractivity contribution is 0.262. The van der Waals surface area contributed by atoms with Gasteiger partial charge in [0, 0.05) is 32.9 Å². The van der Waals surface area contributed by atoms with E-state index < -0.39 is 0 Å². The summed E-state index contributed by atoms with van der Waals surface area (Å²) in [7, 11) is 3.83. The minimum Gasteiger partial charge on any atom is -0.361 e. The molecule has 0 atom stereocenters. The molecule has 27 heavy (non-hydrogen) atoms. The number of amides is 2. The van der Waals surface area contributed by atoms with E-state index in [0.29, 0.717) is 11.5 Å². The third-order valence-electron chi connectivity index (χ3n) is 4.71. The number of benzene rings is 1. The van der Waals surface area contributed by atoms with Crippen LogP contribution in [0.4, 0.5) is 27.9 Å². The van der Waals surface area contributed by atoms with Gasteiger partial charge in [-0.3, -0.25) is 0 Å². The van der Waals surface area contributed by atoms with E-state index in [1.54, 1.807) is 6.20 Å². The Balaban J connectivity index is 1.76. The standard InChI is InChI=1S/C20H28N6O/c1-4-15-10-6-7-11-16(15)22-20(27)23-17-14-21-19(24-18(17)25(2)3)26-12-8-5-9-13-26/h6-7,10-11,14H,4-5,8-9,12-13H2,1-3H3,(H2,22,23,27). The van der Waals surface area contributed by atoms with Gasteiger partial charge < -0.3 is 20.4 Å². The average Bonchev–Trinajstić information content (AvgIpc) is 2.69. The van der Waals surface area contributed by atoms with Crippen LogP contribution < -0.4 is 20.4 Å². The summed E-state index contributed by atoms with van der Waals surface area (Å²) in [5.41, 5.74) is 2.50. The van der Waals surface area contributed by atoms with E-state index >= 15 is 0 Å². The highest BCUT2D eigenvalue weighted by Crippen LogP contribution is 2.25. The number of rotatable bonds is 5. The summed E-state index contributed by atoms with van der Waals surface area (Å²) in [6.07, 6.45) is 6.14. The molecule has 1 saturated heterocycles. The number of urea groups is 1. The zero-order chi connectivity index (χ0) is 19.2. The number of aryl methyl sites for hydroxylation is 1. The summed E-state index contributed by atoms with van der Waals surface area (Å²) in [6, 6.07) is 7.50. The fourth-order valence-corrected chi connectivity index (χ4v) is 3.27. The molecule has 1 aliphatic rings. The molecule has 144 valence electrons. The Kier molecular flexibility index (Phi) is 6.11. The van der Waals surface area contributed by atoms with Gasteiger partial charge in [-0.25, -0.2) is 9.78 Å². The predicted octanol–water partition coefficient (Wildman–Crippen LogP) is 3.74. The largest absolute Gasteiger partial charge is 0.361 e. The van der Waals surface area contributed by atoms with Crippen LogP contribution in [0.25, 0.3) is 0 Å². The fraction of sp³-hybridized carbons (Fsp3) is 0.450. The topological polar surface area (TPSA) is 73.4 Å². The van der Waals surface area contributed by atoms with Crippen molar-refractivity contribution < 1.29 is 4.79 Å². The molecule has 1 fully saturated rings. The summed E-state index contributed by atoms with van der Waals surface area (Å²) in [6.45, 7) is 4.03. The maximum atomic E-state index is 12.5. The number of carbonyl (C=O) groups is 1. The predicted molar refractivity (Wildman–Crippen MR) is 111 cm³/mol. The second kappa shape index (κ2) is 8.70. The van der Waals surface area contributed by atoms with Crippen LogP contribution in [0.1, 0.15) is 31.7 Å². The van der Waals surface area contributed by atoms with E-state index in [0.717, 1.165) is 36.7 Å². The second-order valence-electron chi connectivity index (χ2n) is 6.94. The lowest BCUT2D eigenvalue weighted by Crippen LogP contribution is -2.31. The number of aromatic nitrogens is 2. The number of hydrogen-bond acceptors (Lipinski definition) is 5. The van der Waals surface area contributed by atoms with Gasteiger partial charge in [0.15, 0.2) is 5.82 Å². The van der Waals surface area contributed by atoms with Crippen LogP contribution in [0.2, 0.25) is 0 Å². The maximum absolute atomic E-state index is 12.5. The van der Waals surface area contributed by atoms with E-state index in [1.807, 2.05) is 43.3 Å². The van der Waals surface area contributed by atoms with Gasteiger partial charge in [-0.05, 0) is 37.3 Å². The monoisotopic (exact) mass is 368 g/mol. The van der Waals surface area contributed by atoms with Gasteiger partial charge in [-0.2, -0.15) is 4.98 Å². The second-order valence-corrected chi connectivity index (χ2v) is 6.94. The van der Waals surface area contributed by atoms with Crippen molar-refractivity contribution in [1.29, 1.82) is 0 Å². The van der Waals surface area contributed by atoms with Crippen molar-refractivity contribution in [3.8, 4) is 0 Å². The van der Waals surface area contributed by atoms with E-state index in [9.17, 15) is 4.79 Å². The third-order valence-corrected chi connectivity index (χ3v) is 4.71. The Morgan fingerprint density at radius 2 is 1.81 bits per heavy atom. The summed E-state index contributed by atoms with van der Waals surface area (Å²) >= 11 is 0. The molecule has 2 N–H and O–H groups in total. The molecule has 0 spiro atoms. The number of carbonyl (C=O) groups excluding carboxylic acids is 1. The minimum absolute atomic E-state index is 0.298. The number of nitrogens with zero attached hydrogens (tertiary/aromatic N) is 4. The van der Waals surface area contributed by atoms with Crippen molar-refractivity contribution in [2.24, 2.45) is 0 Å². The lowest BCUT2D eigenvalue weighted by atomic mass is 10.1. The van der Waals surface area contributed by atoms with Crippen molar-refractivity contribution in [3.63, 3.8) is 0 Å². The zero-order valence-corrected chi connectivity index (χ0v) is 16.3. The summed E-state index contributed by atoms with van der Waals surface area (Å²) in [5.74, 6) is 1.42. The van der Waals surface area contributed by atoms with Gasteiger partial charge in [0.2, 0.25) is 5.95 Å². The lowest BCUT2D eigenvalue weighted by Gasteiger charge is -2.28. The Bertz CT molecular complexity index is 786. The van der Waals surface area contributed by atoms with Gasteiger partial charge in [0.05, 0.1) is 6.20 Å². The van der Waals surface area contributed by atoms with Gasteiger partial charge in [0.25, 0.3) is 0 Å². The van der Waals surface area contributed by atoms with Crippen LogP contribution in [0.3, 0.4) is 0 Å². The molecule has 1 aliphatic heterocycles.